The highest BCUT2D eigenvalue weighted by molar-refractivity contribution is 14.0. The van der Waals surface area contributed by atoms with E-state index in [-0.39, 0.29) is 35.9 Å². The summed E-state index contributed by atoms with van der Waals surface area (Å²) in [7, 11) is 1.73. The SMILES string of the molecule is CN=C(NCCCOCC1CC1)NCCC(=O)NC(C)C.I. The van der Waals surface area contributed by atoms with Gasteiger partial charge in [-0.25, -0.2) is 0 Å². The van der Waals surface area contributed by atoms with Gasteiger partial charge >= 0.3 is 0 Å². The zero-order valence-corrected chi connectivity index (χ0v) is 16.3. The Morgan fingerprint density at radius 1 is 1.27 bits per heavy atom. The molecule has 1 fully saturated rings. The molecule has 0 spiro atoms. The summed E-state index contributed by atoms with van der Waals surface area (Å²) in [6.07, 6.45) is 4.07. The van der Waals surface area contributed by atoms with Crippen molar-refractivity contribution in [2.45, 2.75) is 45.6 Å². The first-order chi connectivity index (χ1) is 10.1. The van der Waals surface area contributed by atoms with E-state index in [0.717, 1.165) is 38.1 Å². The lowest BCUT2D eigenvalue weighted by molar-refractivity contribution is -0.121. The van der Waals surface area contributed by atoms with E-state index < -0.39 is 0 Å². The Kier molecular flexibility index (Phi) is 12.6. The van der Waals surface area contributed by atoms with Crippen molar-refractivity contribution in [2.24, 2.45) is 10.9 Å². The van der Waals surface area contributed by atoms with Crippen LogP contribution in [0.15, 0.2) is 4.99 Å². The van der Waals surface area contributed by atoms with E-state index in [2.05, 4.69) is 20.9 Å². The number of carbonyl (C=O) groups excluding carboxylic acids is 1. The van der Waals surface area contributed by atoms with Gasteiger partial charge < -0.3 is 20.7 Å². The number of carbonyl (C=O) groups is 1. The van der Waals surface area contributed by atoms with Crippen LogP contribution in [0.3, 0.4) is 0 Å². The van der Waals surface area contributed by atoms with Gasteiger partial charge in [-0.2, -0.15) is 0 Å². The first-order valence-corrected chi connectivity index (χ1v) is 7.93. The van der Waals surface area contributed by atoms with Crippen LogP contribution in [0.1, 0.15) is 39.5 Å². The van der Waals surface area contributed by atoms with E-state index in [1.165, 1.54) is 12.8 Å². The lowest BCUT2D eigenvalue weighted by Gasteiger charge is -2.12. The van der Waals surface area contributed by atoms with Crippen LogP contribution >= 0.6 is 24.0 Å². The lowest BCUT2D eigenvalue weighted by Crippen LogP contribution is -2.40. The third-order valence-corrected chi connectivity index (χ3v) is 3.13. The molecule has 6 nitrogen and oxygen atoms in total. The van der Waals surface area contributed by atoms with E-state index in [9.17, 15) is 4.79 Å². The van der Waals surface area contributed by atoms with Gasteiger partial charge in [-0.15, -0.1) is 24.0 Å². The summed E-state index contributed by atoms with van der Waals surface area (Å²) in [5, 5.41) is 9.20. The number of hydrogen-bond acceptors (Lipinski definition) is 3. The first kappa shape index (κ1) is 21.4. The highest BCUT2D eigenvalue weighted by Crippen LogP contribution is 2.28. The average Bonchev–Trinajstić information content (AvgIpc) is 3.23. The van der Waals surface area contributed by atoms with Crippen molar-refractivity contribution >= 4 is 35.8 Å². The number of halogens is 1. The van der Waals surface area contributed by atoms with Crippen molar-refractivity contribution in [2.75, 3.05) is 33.4 Å². The number of nitrogens with one attached hydrogen (secondary N) is 3. The first-order valence-electron chi connectivity index (χ1n) is 7.93. The van der Waals surface area contributed by atoms with Crippen LogP contribution < -0.4 is 16.0 Å². The Labute approximate surface area is 151 Å². The molecule has 0 aliphatic heterocycles. The molecule has 0 unspecified atom stereocenters. The zero-order valence-electron chi connectivity index (χ0n) is 14.0. The number of nitrogens with zero attached hydrogens (tertiary/aromatic N) is 1. The van der Waals surface area contributed by atoms with Gasteiger partial charge in [0.2, 0.25) is 5.91 Å². The molecule has 1 rings (SSSR count). The smallest absolute Gasteiger partial charge is 0.221 e. The predicted molar refractivity (Wildman–Crippen MR) is 101 cm³/mol. The predicted octanol–water partition coefficient (Wildman–Crippen LogP) is 1.50. The number of amides is 1. The van der Waals surface area contributed by atoms with Crippen molar-refractivity contribution in [3.05, 3.63) is 0 Å². The van der Waals surface area contributed by atoms with Crippen LogP contribution in [0.5, 0.6) is 0 Å². The molecule has 3 N–H and O–H groups in total. The standard InChI is InChI=1S/C15H30N4O2.HI/c1-12(2)19-14(20)7-9-18-15(16-3)17-8-4-10-21-11-13-5-6-13;/h12-13H,4-11H2,1-3H3,(H,19,20)(H2,16,17,18);1H. The van der Waals surface area contributed by atoms with Crippen molar-refractivity contribution in [3.8, 4) is 0 Å². The van der Waals surface area contributed by atoms with Crippen molar-refractivity contribution in [1.82, 2.24) is 16.0 Å². The molecule has 1 aliphatic rings. The summed E-state index contributed by atoms with van der Waals surface area (Å²) in [4.78, 5) is 15.6. The maximum absolute atomic E-state index is 11.5. The van der Waals surface area contributed by atoms with Gasteiger partial charge in [0.25, 0.3) is 0 Å². The second kappa shape index (κ2) is 12.9. The van der Waals surface area contributed by atoms with E-state index in [0.29, 0.717) is 13.0 Å². The Morgan fingerprint density at radius 3 is 2.55 bits per heavy atom. The number of aliphatic imine (C=N–C) groups is 1. The Balaban J connectivity index is 0.00000441. The topological polar surface area (TPSA) is 74.8 Å². The molecule has 0 radical (unpaired) electrons. The van der Waals surface area contributed by atoms with E-state index in [1.54, 1.807) is 7.05 Å². The highest BCUT2D eigenvalue weighted by atomic mass is 127. The zero-order chi connectivity index (χ0) is 15.5. The summed E-state index contributed by atoms with van der Waals surface area (Å²) in [5.41, 5.74) is 0. The third-order valence-electron chi connectivity index (χ3n) is 3.13. The van der Waals surface area contributed by atoms with Crippen LogP contribution in [-0.2, 0) is 9.53 Å². The molecule has 1 saturated carbocycles. The Hall–Kier alpha value is -0.570. The van der Waals surface area contributed by atoms with Gasteiger partial charge in [-0.05, 0) is 39.0 Å². The minimum atomic E-state index is 0. The van der Waals surface area contributed by atoms with Gasteiger partial charge in [0.05, 0.1) is 0 Å². The van der Waals surface area contributed by atoms with E-state index in [4.69, 9.17) is 4.74 Å². The maximum Gasteiger partial charge on any atom is 0.221 e. The van der Waals surface area contributed by atoms with Crippen molar-refractivity contribution < 1.29 is 9.53 Å². The molecule has 7 heteroatoms. The molecule has 22 heavy (non-hydrogen) atoms. The normalized spacial score (nSPS) is 14.5. The van der Waals surface area contributed by atoms with Crippen LogP contribution in [0.25, 0.3) is 0 Å². The quantitative estimate of drug-likeness (QED) is 0.214. The summed E-state index contributed by atoms with van der Waals surface area (Å²) < 4.78 is 5.57. The summed E-state index contributed by atoms with van der Waals surface area (Å²) in [6, 6.07) is 0.186. The fourth-order valence-electron chi connectivity index (χ4n) is 1.82. The van der Waals surface area contributed by atoms with Crippen LogP contribution in [0, 0.1) is 5.92 Å². The number of rotatable bonds is 10. The number of ether oxygens (including phenoxy) is 1. The minimum Gasteiger partial charge on any atom is -0.381 e. The van der Waals surface area contributed by atoms with Crippen LogP contribution in [0.2, 0.25) is 0 Å². The Bertz CT molecular complexity index is 334. The summed E-state index contributed by atoms with van der Waals surface area (Å²) in [5.74, 6) is 1.61. The second-order valence-electron chi connectivity index (χ2n) is 5.77. The third kappa shape index (κ3) is 12.0. The molecule has 1 amide bonds. The van der Waals surface area contributed by atoms with E-state index in [1.807, 2.05) is 13.8 Å². The summed E-state index contributed by atoms with van der Waals surface area (Å²) >= 11 is 0. The highest BCUT2D eigenvalue weighted by Gasteiger charge is 2.20. The Morgan fingerprint density at radius 2 is 1.95 bits per heavy atom. The maximum atomic E-state index is 11.5. The monoisotopic (exact) mass is 426 g/mol. The van der Waals surface area contributed by atoms with Crippen LogP contribution in [-0.4, -0.2) is 51.3 Å². The fourth-order valence-corrected chi connectivity index (χ4v) is 1.82. The molecule has 0 aromatic rings. The average molecular weight is 426 g/mol. The molecular weight excluding hydrogens is 395 g/mol. The summed E-state index contributed by atoms with van der Waals surface area (Å²) in [6.45, 7) is 7.02. The van der Waals surface area contributed by atoms with Gasteiger partial charge in [0.15, 0.2) is 5.96 Å². The van der Waals surface area contributed by atoms with Crippen molar-refractivity contribution in [3.63, 3.8) is 0 Å². The largest absolute Gasteiger partial charge is 0.381 e. The fraction of sp³-hybridized carbons (Fsp3) is 0.867. The van der Waals surface area contributed by atoms with Gasteiger partial charge in [-0.3, -0.25) is 9.79 Å². The molecule has 0 aromatic carbocycles. The van der Waals surface area contributed by atoms with Crippen molar-refractivity contribution in [1.29, 1.82) is 0 Å². The van der Waals surface area contributed by atoms with Gasteiger partial charge in [0.1, 0.15) is 0 Å². The molecule has 0 bridgehead atoms. The second-order valence-corrected chi connectivity index (χ2v) is 5.77. The minimum absolute atomic E-state index is 0. The molecule has 130 valence electrons. The molecule has 0 aromatic heterocycles. The lowest BCUT2D eigenvalue weighted by atomic mass is 10.3. The molecule has 0 atom stereocenters. The molecule has 0 saturated heterocycles. The van der Waals surface area contributed by atoms with Crippen LogP contribution in [0.4, 0.5) is 0 Å². The number of guanidine groups is 1. The number of hydrogen-bond donors (Lipinski definition) is 3. The molecular formula is C15H31IN4O2. The van der Waals surface area contributed by atoms with Gasteiger partial charge in [-0.1, -0.05) is 0 Å². The van der Waals surface area contributed by atoms with E-state index >= 15 is 0 Å². The van der Waals surface area contributed by atoms with Gasteiger partial charge in [0, 0.05) is 45.8 Å². The molecule has 1 aliphatic carbocycles. The molecule has 0 heterocycles.